The Balaban J connectivity index is 2.37. The van der Waals surface area contributed by atoms with Crippen LogP contribution in [0.1, 0.15) is 16.2 Å². The van der Waals surface area contributed by atoms with E-state index in [-0.39, 0.29) is 11.6 Å². The number of nitrogen functional groups attached to an aromatic ring is 1. The van der Waals surface area contributed by atoms with Crippen molar-refractivity contribution in [3.8, 4) is 11.6 Å². The first-order chi connectivity index (χ1) is 8.58. The fraction of sp³-hybridized carbons (Fsp3) is 0.0833. The summed E-state index contributed by atoms with van der Waals surface area (Å²) in [4.78, 5) is 19.1. The number of hydrogen-bond donors (Lipinski definition) is 2. The molecule has 0 aliphatic carbocycles. The van der Waals surface area contributed by atoms with E-state index in [9.17, 15) is 4.79 Å². The number of pyridine rings is 2. The van der Waals surface area contributed by atoms with E-state index in [0.717, 1.165) is 0 Å². The quantitative estimate of drug-likeness (QED) is 0.845. The van der Waals surface area contributed by atoms with Gasteiger partial charge in [0.2, 0.25) is 5.88 Å². The predicted octanol–water partition coefficient (Wildman–Crippen LogP) is 1.26. The first-order valence-corrected chi connectivity index (χ1v) is 5.23. The Hall–Kier alpha value is -2.63. The van der Waals surface area contributed by atoms with E-state index in [4.69, 9.17) is 16.2 Å². The van der Waals surface area contributed by atoms with E-state index in [0.29, 0.717) is 17.1 Å². The molecule has 0 unspecified atom stereocenters. The second kappa shape index (κ2) is 4.70. The Labute approximate surface area is 104 Å². The van der Waals surface area contributed by atoms with Crippen LogP contribution < -0.4 is 16.2 Å². The van der Waals surface area contributed by atoms with Crippen molar-refractivity contribution >= 4 is 11.6 Å². The second-order valence-electron chi connectivity index (χ2n) is 3.64. The summed E-state index contributed by atoms with van der Waals surface area (Å²) >= 11 is 0. The number of nitrogens with zero attached hydrogens (tertiary/aromatic N) is 2. The SMILES string of the molecule is Cc1ncccc1Oc1nc(C(N)=O)ccc1N. The molecule has 0 fully saturated rings. The van der Waals surface area contributed by atoms with Gasteiger partial charge in [-0.2, -0.15) is 0 Å². The molecule has 2 aromatic heterocycles. The Kier molecular flexibility index (Phi) is 3.09. The van der Waals surface area contributed by atoms with Gasteiger partial charge < -0.3 is 16.2 Å². The van der Waals surface area contributed by atoms with Gasteiger partial charge in [0.25, 0.3) is 5.91 Å². The van der Waals surface area contributed by atoms with Gasteiger partial charge in [-0.15, -0.1) is 0 Å². The molecule has 1 amide bonds. The van der Waals surface area contributed by atoms with Gasteiger partial charge in [0, 0.05) is 6.20 Å². The summed E-state index contributed by atoms with van der Waals surface area (Å²) in [6.45, 7) is 1.80. The lowest BCUT2D eigenvalue weighted by Gasteiger charge is -2.09. The van der Waals surface area contributed by atoms with Crippen molar-refractivity contribution in [1.82, 2.24) is 9.97 Å². The predicted molar refractivity (Wildman–Crippen MR) is 66.2 cm³/mol. The third-order valence-electron chi connectivity index (χ3n) is 2.31. The van der Waals surface area contributed by atoms with E-state index in [1.165, 1.54) is 12.1 Å². The minimum absolute atomic E-state index is 0.0979. The van der Waals surface area contributed by atoms with Crippen LogP contribution in [0.25, 0.3) is 0 Å². The van der Waals surface area contributed by atoms with Gasteiger partial charge in [-0.3, -0.25) is 9.78 Å². The maximum absolute atomic E-state index is 11.0. The van der Waals surface area contributed by atoms with Gasteiger partial charge in [-0.25, -0.2) is 4.98 Å². The monoisotopic (exact) mass is 244 g/mol. The summed E-state index contributed by atoms with van der Waals surface area (Å²) in [5.41, 5.74) is 12.0. The zero-order chi connectivity index (χ0) is 13.1. The molecule has 0 saturated carbocycles. The molecule has 6 nitrogen and oxygen atoms in total. The Morgan fingerprint density at radius 2 is 2.11 bits per heavy atom. The van der Waals surface area contributed by atoms with Crippen molar-refractivity contribution in [2.45, 2.75) is 6.92 Å². The summed E-state index contributed by atoms with van der Waals surface area (Å²) in [7, 11) is 0. The molecule has 0 atom stereocenters. The van der Waals surface area contributed by atoms with Crippen LogP contribution in [0.5, 0.6) is 11.6 Å². The topological polar surface area (TPSA) is 104 Å². The zero-order valence-electron chi connectivity index (χ0n) is 9.75. The lowest BCUT2D eigenvalue weighted by atomic mass is 10.3. The van der Waals surface area contributed by atoms with Crippen LogP contribution in [0.3, 0.4) is 0 Å². The lowest BCUT2D eigenvalue weighted by Crippen LogP contribution is -2.13. The molecule has 0 aliphatic heterocycles. The molecule has 0 radical (unpaired) electrons. The first-order valence-electron chi connectivity index (χ1n) is 5.23. The molecule has 0 bridgehead atoms. The number of carbonyl (C=O) groups is 1. The number of nitrogens with two attached hydrogens (primary N) is 2. The van der Waals surface area contributed by atoms with Crippen LogP contribution in [-0.2, 0) is 0 Å². The summed E-state index contributed by atoms with van der Waals surface area (Å²) in [6, 6.07) is 6.44. The molecular weight excluding hydrogens is 232 g/mol. The van der Waals surface area contributed by atoms with Gasteiger partial charge in [-0.05, 0) is 31.2 Å². The molecule has 0 spiro atoms. The number of ether oxygens (including phenoxy) is 1. The first kappa shape index (κ1) is 11.8. The summed E-state index contributed by atoms with van der Waals surface area (Å²) in [6.07, 6.45) is 1.65. The highest BCUT2D eigenvalue weighted by Crippen LogP contribution is 2.26. The highest BCUT2D eigenvalue weighted by Gasteiger charge is 2.10. The van der Waals surface area contributed by atoms with Gasteiger partial charge in [0.05, 0.1) is 11.4 Å². The Morgan fingerprint density at radius 1 is 1.33 bits per heavy atom. The lowest BCUT2D eigenvalue weighted by molar-refractivity contribution is 0.0995. The number of primary amides is 1. The van der Waals surface area contributed by atoms with Crippen LogP contribution >= 0.6 is 0 Å². The minimum Gasteiger partial charge on any atom is -0.435 e. The fourth-order valence-electron chi connectivity index (χ4n) is 1.35. The standard InChI is InChI=1S/C12H12N4O2/c1-7-10(3-2-6-15-7)18-12-8(13)4-5-9(16-12)11(14)17/h2-6H,13H2,1H3,(H2,14,17). The summed E-state index contributed by atoms with van der Waals surface area (Å²) in [5, 5.41) is 0. The zero-order valence-corrected chi connectivity index (χ0v) is 9.75. The molecule has 0 aromatic carbocycles. The van der Waals surface area contributed by atoms with Gasteiger partial charge in [0.1, 0.15) is 5.69 Å². The molecule has 0 aliphatic rings. The largest absolute Gasteiger partial charge is 0.435 e. The number of anilines is 1. The number of aryl methyl sites for hydroxylation is 1. The Bertz CT molecular complexity index is 598. The third kappa shape index (κ3) is 2.37. The molecule has 2 rings (SSSR count). The van der Waals surface area contributed by atoms with Gasteiger partial charge in [0.15, 0.2) is 5.75 Å². The summed E-state index contributed by atoms with van der Waals surface area (Å²) < 4.78 is 5.52. The molecule has 6 heteroatoms. The normalized spacial score (nSPS) is 10.1. The highest BCUT2D eigenvalue weighted by atomic mass is 16.5. The van der Waals surface area contributed by atoms with Gasteiger partial charge >= 0.3 is 0 Å². The molecule has 2 heterocycles. The smallest absolute Gasteiger partial charge is 0.267 e. The van der Waals surface area contributed by atoms with Crippen molar-refractivity contribution in [3.05, 3.63) is 41.9 Å². The molecule has 18 heavy (non-hydrogen) atoms. The van der Waals surface area contributed by atoms with E-state index >= 15 is 0 Å². The van der Waals surface area contributed by atoms with Crippen molar-refractivity contribution in [2.24, 2.45) is 5.73 Å². The van der Waals surface area contributed by atoms with Crippen molar-refractivity contribution < 1.29 is 9.53 Å². The number of carbonyl (C=O) groups excluding carboxylic acids is 1. The molecule has 2 aromatic rings. The number of hydrogen-bond acceptors (Lipinski definition) is 5. The summed E-state index contributed by atoms with van der Waals surface area (Å²) in [5.74, 6) is 0.0310. The maximum atomic E-state index is 11.0. The average molecular weight is 244 g/mol. The number of amides is 1. The van der Waals surface area contributed by atoms with Crippen LogP contribution in [0.15, 0.2) is 30.5 Å². The van der Waals surface area contributed by atoms with Crippen molar-refractivity contribution in [1.29, 1.82) is 0 Å². The van der Waals surface area contributed by atoms with Crippen LogP contribution in [0.2, 0.25) is 0 Å². The highest BCUT2D eigenvalue weighted by molar-refractivity contribution is 5.91. The molecular formula is C12H12N4O2. The van der Waals surface area contributed by atoms with Crippen LogP contribution in [0, 0.1) is 6.92 Å². The minimum atomic E-state index is -0.636. The Morgan fingerprint density at radius 3 is 2.78 bits per heavy atom. The van der Waals surface area contributed by atoms with E-state index in [2.05, 4.69) is 9.97 Å². The second-order valence-corrected chi connectivity index (χ2v) is 3.64. The van der Waals surface area contributed by atoms with Crippen molar-refractivity contribution in [3.63, 3.8) is 0 Å². The van der Waals surface area contributed by atoms with Crippen molar-refractivity contribution in [2.75, 3.05) is 5.73 Å². The average Bonchev–Trinajstić information content (AvgIpc) is 2.34. The van der Waals surface area contributed by atoms with E-state index in [1.54, 1.807) is 25.3 Å². The molecule has 92 valence electrons. The van der Waals surface area contributed by atoms with E-state index < -0.39 is 5.91 Å². The maximum Gasteiger partial charge on any atom is 0.267 e. The van der Waals surface area contributed by atoms with Gasteiger partial charge in [-0.1, -0.05) is 0 Å². The third-order valence-corrected chi connectivity index (χ3v) is 2.31. The van der Waals surface area contributed by atoms with E-state index in [1.807, 2.05) is 0 Å². The number of aromatic nitrogens is 2. The molecule has 4 N–H and O–H groups in total. The number of rotatable bonds is 3. The molecule has 0 saturated heterocycles. The van der Waals surface area contributed by atoms with Crippen LogP contribution in [-0.4, -0.2) is 15.9 Å². The van der Waals surface area contributed by atoms with Crippen LogP contribution in [0.4, 0.5) is 5.69 Å². The fourth-order valence-corrected chi connectivity index (χ4v) is 1.35.